The van der Waals surface area contributed by atoms with Crippen molar-refractivity contribution >= 4 is 22.6 Å². The molecule has 1 aliphatic rings. The number of nitrogens with zero attached hydrogens (tertiary/aromatic N) is 3. The van der Waals surface area contributed by atoms with Crippen LogP contribution in [0, 0.1) is 0 Å². The highest BCUT2D eigenvalue weighted by atomic mass is 16.5. The third kappa shape index (κ3) is 4.28. The Kier molecular flexibility index (Phi) is 6.52. The molecule has 150 valence electrons. The summed E-state index contributed by atoms with van der Waals surface area (Å²) < 4.78 is 5.48. The lowest BCUT2D eigenvalue weighted by Crippen LogP contribution is -2.51. The molecule has 0 radical (unpaired) electrons. The molecule has 6 nitrogen and oxygen atoms in total. The van der Waals surface area contributed by atoms with Gasteiger partial charge in [0.25, 0.3) is 5.91 Å². The molecule has 28 heavy (non-hydrogen) atoms. The lowest BCUT2D eigenvalue weighted by molar-refractivity contribution is -0.132. The second kappa shape index (κ2) is 9.06. The Morgan fingerprint density at radius 2 is 1.61 bits per heavy atom. The van der Waals surface area contributed by atoms with E-state index in [0.717, 1.165) is 23.9 Å². The molecule has 1 aliphatic heterocycles. The van der Waals surface area contributed by atoms with Crippen molar-refractivity contribution in [1.82, 2.24) is 14.7 Å². The molecule has 0 N–H and O–H groups in total. The molecule has 2 aromatic rings. The summed E-state index contributed by atoms with van der Waals surface area (Å²) >= 11 is 0. The van der Waals surface area contributed by atoms with Crippen molar-refractivity contribution in [3.8, 4) is 5.75 Å². The van der Waals surface area contributed by atoms with Gasteiger partial charge in [-0.3, -0.25) is 14.5 Å². The molecule has 0 aliphatic carbocycles. The van der Waals surface area contributed by atoms with Crippen LogP contribution < -0.4 is 4.74 Å². The van der Waals surface area contributed by atoms with Gasteiger partial charge in [-0.15, -0.1) is 0 Å². The van der Waals surface area contributed by atoms with E-state index in [1.807, 2.05) is 60.0 Å². The van der Waals surface area contributed by atoms with Crippen LogP contribution in [0.1, 0.15) is 24.2 Å². The summed E-state index contributed by atoms with van der Waals surface area (Å²) in [6.45, 7) is 8.50. The fraction of sp³-hybridized carbons (Fsp3) is 0.455. The highest BCUT2D eigenvalue weighted by Crippen LogP contribution is 2.27. The lowest BCUT2D eigenvalue weighted by atomic mass is 10.0. The first kappa shape index (κ1) is 20.1. The SMILES string of the molecule is CCN(CC)C(=O)CN1CCN(C(=O)c2cc3ccccc3cc2OC)CC1. The zero-order valence-electron chi connectivity index (χ0n) is 17.0. The van der Waals surface area contributed by atoms with E-state index >= 15 is 0 Å². The normalized spacial score (nSPS) is 14.9. The maximum atomic E-state index is 13.1. The van der Waals surface area contributed by atoms with Gasteiger partial charge in [0.1, 0.15) is 5.75 Å². The molecule has 0 aromatic heterocycles. The molecule has 2 aromatic carbocycles. The van der Waals surface area contributed by atoms with Crippen LogP contribution in [0.3, 0.4) is 0 Å². The molecule has 3 rings (SSSR count). The maximum Gasteiger partial charge on any atom is 0.257 e. The minimum atomic E-state index is -0.0164. The van der Waals surface area contributed by atoms with Gasteiger partial charge in [-0.2, -0.15) is 0 Å². The van der Waals surface area contributed by atoms with Gasteiger partial charge >= 0.3 is 0 Å². The van der Waals surface area contributed by atoms with Gasteiger partial charge in [0, 0.05) is 39.3 Å². The highest BCUT2D eigenvalue weighted by Gasteiger charge is 2.26. The standard InChI is InChI=1S/C22H29N3O3/c1-4-24(5-2)21(26)16-23-10-12-25(13-11-23)22(27)19-14-17-8-6-7-9-18(17)15-20(19)28-3/h6-9,14-15H,4-5,10-13,16H2,1-3H3. The Balaban J connectivity index is 1.67. The van der Waals surface area contributed by atoms with Crippen molar-refractivity contribution in [3.05, 3.63) is 42.0 Å². The maximum absolute atomic E-state index is 13.1. The third-order valence-electron chi connectivity index (χ3n) is 5.43. The number of fused-ring (bicyclic) bond motifs is 1. The van der Waals surface area contributed by atoms with Crippen LogP contribution in [0.15, 0.2) is 36.4 Å². The van der Waals surface area contributed by atoms with Crippen LogP contribution >= 0.6 is 0 Å². The van der Waals surface area contributed by atoms with E-state index in [1.54, 1.807) is 7.11 Å². The number of ether oxygens (including phenoxy) is 1. The quantitative estimate of drug-likeness (QED) is 0.769. The molecule has 1 fully saturated rings. The number of carbonyl (C=O) groups is 2. The molecular formula is C22H29N3O3. The van der Waals surface area contributed by atoms with Gasteiger partial charge < -0.3 is 14.5 Å². The van der Waals surface area contributed by atoms with Crippen molar-refractivity contribution in [2.45, 2.75) is 13.8 Å². The number of methoxy groups -OCH3 is 1. The van der Waals surface area contributed by atoms with E-state index in [0.29, 0.717) is 44.0 Å². The summed E-state index contributed by atoms with van der Waals surface area (Å²) in [5, 5.41) is 2.07. The second-order valence-corrected chi connectivity index (χ2v) is 7.03. The number of hydrogen-bond acceptors (Lipinski definition) is 4. The van der Waals surface area contributed by atoms with Crippen molar-refractivity contribution in [2.24, 2.45) is 0 Å². The number of likely N-dealkylation sites (N-methyl/N-ethyl adjacent to an activating group) is 1. The summed E-state index contributed by atoms with van der Waals surface area (Å²) in [6, 6.07) is 11.8. The van der Waals surface area contributed by atoms with E-state index in [2.05, 4.69) is 4.90 Å². The number of rotatable bonds is 6. The first-order valence-electron chi connectivity index (χ1n) is 9.93. The fourth-order valence-electron chi connectivity index (χ4n) is 3.70. The van der Waals surface area contributed by atoms with E-state index in [1.165, 1.54) is 0 Å². The predicted molar refractivity (Wildman–Crippen MR) is 111 cm³/mol. The van der Waals surface area contributed by atoms with E-state index in [-0.39, 0.29) is 11.8 Å². The second-order valence-electron chi connectivity index (χ2n) is 7.03. The summed E-state index contributed by atoms with van der Waals surface area (Å²) in [7, 11) is 1.59. The monoisotopic (exact) mass is 383 g/mol. The largest absolute Gasteiger partial charge is 0.496 e. The van der Waals surface area contributed by atoms with Gasteiger partial charge in [-0.1, -0.05) is 24.3 Å². The molecule has 0 bridgehead atoms. The number of hydrogen-bond donors (Lipinski definition) is 0. The molecule has 0 atom stereocenters. The van der Waals surface area contributed by atoms with Crippen LogP contribution in [0.2, 0.25) is 0 Å². The van der Waals surface area contributed by atoms with E-state index < -0.39 is 0 Å². The molecule has 2 amide bonds. The Labute approximate surface area is 166 Å². The zero-order chi connectivity index (χ0) is 20.1. The van der Waals surface area contributed by atoms with Crippen LogP contribution in [0.4, 0.5) is 0 Å². The Bertz CT molecular complexity index is 840. The molecule has 1 saturated heterocycles. The molecule has 0 spiro atoms. The van der Waals surface area contributed by atoms with Gasteiger partial charge in [0.05, 0.1) is 19.2 Å². The Hall–Kier alpha value is -2.60. The van der Waals surface area contributed by atoms with Crippen molar-refractivity contribution in [2.75, 3.05) is 52.9 Å². The number of amides is 2. The van der Waals surface area contributed by atoms with Crippen LogP contribution in [-0.2, 0) is 4.79 Å². The minimum absolute atomic E-state index is 0.0164. The number of piperazine rings is 1. The summed E-state index contributed by atoms with van der Waals surface area (Å²) in [6.07, 6.45) is 0. The predicted octanol–water partition coefficient (Wildman–Crippen LogP) is 2.47. The molecule has 6 heteroatoms. The summed E-state index contributed by atoms with van der Waals surface area (Å²) in [4.78, 5) is 31.2. The molecule has 1 heterocycles. The van der Waals surface area contributed by atoms with Gasteiger partial charge in [-0.05, 0) is 36.8 Å². The lowest BCUT2D eigenvalue weighted by Gasteiger charge is -2.35. The average molecular weight is 383 g/mol. The van der Waals surface area contributed by atoms with Gasteiger partial charge in [0.15, 0.2) is 0 Å². The fourth-order valence-corrected chi connectivity index (χ4v) is 3.70. The van der Waals surface area contributed by atoms with Gasteiger partial charge in [-0.25, -0.2) is 0 Å². The summed E-state index contributed by atoms with van der Waals surface area (Å²) in [5.74, 6) is 0.737. The smallest absolute Gasteiger partial charge is 0.257 e. The third-order valence-corrected chi connectivity index (χ3v) is 5.43. The van der Waals surface area contributed by atoms with Crippen molar-refractivity contribution in [3.63, 3.8) is 0 Å². The van der Waals surface area contributed by atoms with Gasteiger partial charge in [0.2, 0.25) is 5.91 Å². The average Bonchev–Trinajstić information content (AvgIpc) is 2.73. The topological polar surface area (TPSA) is 53.1 Å². The first-order valence-corrected chi connectivity index (χ1v) is 9.93. The van der Waals surface area contributed by atoms with Crippen LogP contribution in [-0.4, -0.2) is 79.4 Å². The van der Waals surface area contributed by atoms with Crippen molar-refractivity contribution < 1.29 is 14.3 Å². The van der Waals surface area contributed by atoms with E-state index in [9.17, 15) is 9.59 Å². The minimum Gasteiger partial charge on any atom is -0.496 e. The number of benzene rings is 2. The van der Waals surface area contributed by atoms with Crippen LogP contribution in [0.5, 0.6) is 5.75 Å². The van der Waals surface area contributed by atoms with Crippen molar-refractivity contribution in [1.29, 1.82) is 0 Å². The van der Waals surface area contributed by atoms with E-state index in [4.69, 9.17) is 4.74 Å². The zero-order valence-corrected chi connectivity index (χ0v) is 17.0. The molecule has 0 unspecified atom stereocenters. The number of carbonyl (C=O) groups excluding carboxylic acids is 2. The first-order chi connectivity index (χ1) is 13.6. The Morgan fingerprint density at radius 3 is 2.18 bits per heavy atom. The molecule has 0 saturated carbocycles. The van der Waals surface area contributed by atoms with Crippen LogP contribution in [0.25, 0.3) is 10.8 Å². The Morgan fingerprint density at radius 1 is 1.00 bits per heavy atom. The molecular weight excluding hydrogens is 354 g/mol. The highest BCUT2D eigenvalue weighted by molar-refractivity contribution is 6.01. The summed E-state index contributed by atoms with van der Waals surface area (Å²) in [5.41, 5.74) is 0.592.